The predicted molar refractivity (Wildman–Crippen MR) is 84.1 cm³/mol. The smallest absolute Gasteiger partial charge is 0.308 e. The normalized spacial score (nSPS) is 12.0. The van der Waals surface area contributed by atoms with E-state index in [0.29, 0.717) is 0 Å². The second-order valence-electron chi connectivity index (χ2n) is 4.70. The molecule has 0 fully saturated rings. The Morgan fingerprint density at radius 3 is 2.60 bits per heavy atom. The van der Waals surface area contributed by atoms with E-state index in [-0.39, 0.29) is 18.2 Å². The number of benzene rings is 1. The topological polar surface area (TPSA) is 66.4 Å². The third kappa shape index (κ3) is 5.17. The zero-order valence-corrected chi connectivity index (χ0v) is 14.1. The average Bonchev–Trinajstić information content (AvgIpc) is 2.38. The Morgan fingerprint density at radius 1 is 1.35 bits per heavy atom. The second-order valence-corrected chi connectivity index (χ2v) is 6.57. The summed E-state index contributed by atoms with van der Waals surface area (Å²) in [4.78, 5) is 23.4. The maximum atomic E-state index is 11.7. The Bertz CT molecular complexity index is 519. The zero-order valence-electron chi connectivity index (χ0n) is 11.7. The third-order valence-electron chi connectivity index (χ3n) is 2.84. The first-order valence-electron chi connectivity index (χ1n) is 6.20. The van der Waals surface area contributed by atoms with Gasteiger partial charge >= 0.3 is 5.97 Å². The molecule has 110 valence electrons. The quantitative estimate of drug-likeness (QED) is 0.766. The van der Waals surface area contributed by atoms with Crippen LogP contribution in [0.1, 0.15) is 18.1 Å². The van der Waals surface area contributed by atoms with Gasteiger partial charge in [0.05, 0.1) is 11.7 Å². The van der Waals surface area contributed by atoms with Gasteiger partial charge in [-0.05, 0) is 37.1 Å². The molecular weight excluding hydrogens is 342 g/mol. The molecule has 1 aromatic carbocycles. The van der Waals surface area contributed by atoms with Gasteiger partial charge in [0.15, 0.2) is 0 Å². The number of aryl methyl sites for hydroxylation is 2. The Morgan fingerprint density at radius 2 is 2.00 bits per heavy atom. The van der Waals surface area contributed by atoms with E-state index in [9.17, 15) is 9.59 Å². The molecule has 1 unspecified atom stereocenters. The van der Waals surface area contributed by atoms with Crippen LogP contribution in [0.2, 0.25) is 0 Å². The fraction of sp³-hybridized carbons (Fsp3) is 0.429. The van der Waals surface area contributed by atoms with Crippen molar-refractivity contribution >= 4 is 39.6 Å². The first-order valence-corrected chi connectivity index (χ1v) is 7.98. The van der Waals surface area contributed by atoms with Crippen LogP contribution in [0.25, 0.3) is 0 Å². The molecule has 4 nitrogen and oxygen atoms in total. The Kier molecular flexibility index (Phi) is 6.55. The predicted octanol–water partition coefficient (Wildman–Crippen LogP) is 2.99. The lowest BCUT2D eigenvalue weighted by molar-refractivity contribution is -0.141. The van der Waals surface area contributed by atoms with Crippen molar-refractivity contribution in [3.8, 4) is 0 Å². The van der Waals surface area contributed by atoms with Crippen molar-refractivity contribution in [1.82, 2.24) is 5.32 Å². The zero-order chi connectivity index (χ0) is 15.3. The standard InChI is InChI=1S/C14H18BrNO3S/c1-8-5-12(9(2)4-11(8)15)20-7-13(17)16-6-10(3)14(18)19/h4-5,10H,6-7H2,1-3H3,(H,16,17)(H,18,19). The lowest BCUT2D eigenvalue weighted by atomic mass is 10.2. The molecule has 0 aliphatic heterocycles. The van der Waals surface area contributed by atoms with Crippen molar-refractivity contribution in [3.05, 3.63) is 27.7 Å². The van der Waals surface area contributed by atoms with Crippen molar-refractivity contribution in [2.45, 2.75) is 25.7 Å². The molecule has 1 atom stereocenters. The monoisotopic (exact) mass is 359 g/mol. The van der Waals surface area contributed by atoms with Crippen LogP contribution < -0.4 is 5.32 Å². The maximum absolute atomic E-state index is 11.7. The SMILES string of the molecule is Cc1cc(SCC(=O)NCC(C)C(=O)O)c(C)cc1Br. The third-order valence-corrected chi connectivity index (χ3v) is 4.85. The molecule has 0 bridgehead atoms. The van der Waals surface area contributed by atoms with Gasteiger partial charge in [-0.1, -0.05) is 22.9 Å². The number of carboxylic acids is 1. The van der Waals surface area contributed by atoms with Gasteiger partial charge in [0.1, 0.15) is 0 Å². The van der Waals surface area contributed by atoms with Crippen LogP contribution in [0.15, 0.2) is 21.5 Å². The first kappa shape index (κ1) is 17.0. The number of thioether (sulfide) groups is 1. The highest BCUT2D eigenvalue weighted by molar-refractivity contribution is 9.10. The average molecular weight is 360 g/mol. The summed E-state index contributed by atoms with van der Waals surface area (Å²) < 4.78 is 1.05. The van der Waals surface area contributed by atoms with Crippen LogP contribution in [0.4, 0.5) is 0 Å². The summed E-state index contributed by atoms with van der Waals surface area (Å²) in [6, 6.07) is 4.07. The van der Waals surface area contributed by atoms with Crippen molar-refractivity contribution in [2.75, 3.05) is 12.3 Å². The van der Waals surface area contributed by atoms with E-state index in [4.69, 9.17) is 5.11 Å². The van der Waals surface area contributed by atoms with Gasteiger partial charge in [-0.2, -0.15) is 0 Å². The van der Waals surface area contributed by atoms with Gasteiger partial charge in [-0.25, -0.2) is 0 Å². The van der Waals surface area contributed by atoms with Crippen molar-refractivity contribution in [3.63, 3.8) is 0 Å². The van der Waals surface area contributed by atoms with Gasteiger partial charge in [0.25, 0.3) is 0 Å². The molecule has 0 saturated carbocycles. The number of carbonyl (C=O) groups is 2. The second kappa shape index (κ2) is 7.69. The lowest BCUT2D eigenvalue weighted by Gasteiger charge is -2.10. The molecule has 0 aliphatic rings. The molecular formula is C14H18BrNO3S. The van der Waals surface area contributed by atoms with Crippen LogP contribution in [-0.4, -0.2) is 29.3 Å². The number of hydrogen-bond acceptors (Lipinski definition) is 3. The minimum Gasteiger partial charge on any atom is -0.481 e. The Labute approximate surface area is 131 Å². The van der Waals surface area contributed by atoms with Gasteiger partial charge in [0, 0.05) is 15.9 Å². The van der Waals surface area contributed by atoms with Crippen LogP contribution in [-0.2, 0) is 9.59 Å². The molecule has 1 rings (SSSR count). The maximum Gasteiger partial charge on any atom is 0.308 e. The summed E-state index contributed by atoms with van der Waals surface area (Å²) in [7, 11) is 0. The summed E-state index contributed by atoms with van der Waals surface area (Å²) in [5, 5.41) is 11.4. The minimum absolute atomic E-state index is 0.150. The summed E-state index contributed by atoms with van der Waals surface area (Å²) in [5.74, 6) is -1.34. The van der Waals surface area contributed by atoms with Crippen molar-refractivity contribution in [1.29, 1.82) is 0 Å². The highest BCUT2D eigenvalue weighted by Gasteiger charge is 2.12. The molecule has 0 radical (unpaired) electrons. The van der Waals surface area contributed by atoms with Crippen molar-refractivity contribution < 1.29 is 14.7 Å². The van der Waals surface area contributed by atoms with Gasteiger partial charge < -0.3 is 10.4 Å². The largest absolute Gasteiger partial charge is 0.481 e. The number of amides is 1. The van der Waals surface area contributed by atoms with E-state index in [2.05, 4.69) is 21.2 Å². The lowest BCUT2D eigenvalue weighted by Crippen LogP contribution is -2.32. The van der Waals surface area contributed by atoms with Crippen LogP contribution in [0, 0.1) is 19.8 Å². The summed E-state index contributed by atoms with van der Waals surface area (Å²) >= 11 is 4.93. The molecule has 0 aromatic heterocycles. The number of nitrogens with one attached hydrogen (secondary N) is 1. The van der Waals surface area contributed by atoms with E-state index < -0.39 is 11.9 Å². The Balaban J connectivity index is 2.49. The molecule has 20 heavy (non-hydrogen) atoms. The molecule has 0 spiro atoms. The molecule has 2 N–H and O–H groups in total. The highest BCUT2D eigenvalue weighted by atomic mass is 79.9. The van der Waals surface area contributed by atoms with E-state index in [1.807, 2.05) is 26.0 Å². The summed E-state index contributed by atoms with van der Waals surface area (Å²) in [5.41, 5.74) is 2.23. The van der Waals surface area contributed by atoms with Gasteiger partial charge in [-0.3, -0.25) is 9.59 Å². The highest BCUT2D eigenvalue weighted by Crippen LogP contribution is 2.28. The van der Waals surface area contributed by atoms with E-state index in [0.717, 1.165) is 20.5 Å². The fourth-order valence-corrected chi connectivity index (χ4v) is 2.85. The summed E-state index contributed by atoms with van der Waals surface area (Å²) in [6.07, 6.45) is 0. The van der Waals surface area contributed by atoms with Crippen LogP contribution >= 0.6 is 27.7 Å². The number of carbonyl (C=O) groups excluding carboxylic acids is 1. The number of hydrogen-bond donors (Lipinski definition) is 2. The van der Waals surface area contributed by atoms with Crippen LogP contribution in [0.5, 0.6) is 0 Å². The van der Waals surface area contributed by atoms with Crippen LogP contribution in [0.3, 0.4) is 0 Å². The van der Waals surface area contributed by atoms with Gasteiger partial charge in [0.2, 0.25) is 5.91 Å². The minimum atomic E-state index is -0.905. The molecule has 1 amide bonds. The molecule has 1 aromatic rings. The number of rotatable bonds is 6. The molecule has 0 saturated heterocycles. The molecule has 0 aliphatic carbocycles. The van der Waals surface area contributed by atoms with Gasteiger partial charge in [-0.15, -0.1) is 11.8 Å². The molecule has 6 heteroatoms. The summed E-state index contributed by atoms with van der Waals surface area (Å²) in [6.45, 7) is 5.73. The molecule has 0 heterocycles. The Hall–Kier alpha value is -1.01. The van der Waals surface area contributed by atoms with E-state index in [1.54, 1.807) is 6.92 Å². The first-order chi connectivity index (χ1) is 9.31. The number of halogens is 1. The number of aliphatic carboxylic acids is 1. The van der Waals surface area contributed by atoms with E-state index in [1.165, 1.54) is 11.8 Å². The van der Waals surface area contributed by atoms with Crippen molar-refractivity contribution in [2.24, 2.45) is 5.92 Å². The van der Waals surface area contributed by atoms with E-state index >= 15 is 0 Å². The number of carboxylic acid groups (broad SMARTS) is 1. The fourth-order valence-electron chi connectivity index (χ4n) is 1.46.